The second-order valence-electron chi connectivity index (χ2n) is 3.73. The Morgan fingerprint density at radius 2 is 2.24 bits per heavy atom. The van der Waals surface area contributed by atoms with Gasteiger partial charge in [0.25, 0.3) is 0 Å². The van der Waals surface area contributed by atoms with Crippen LogP contribution in [0.3, 0.4) is 0 Å². The number of aliphatic hydroxyl groups is 1. The van der Waals surface area contributed by atoms with Crippen molar-refractivity contribution in [3.8, 4) is 0 Å². The van der Waals surface area contributed by atoms with E-state index in [-0.39, 0.29) is 0 Å². The number of aliphatic carboxylic acids is 1. The van der Waals surface area contributed by atoms with Gasteiger partial charge in [-0.15, -0.1) is 0 Å². The van der Waals surface area contributed by atoms with E-state index in [0.717, 1.165) is 0 Å². The molecule has 90 valence electrons. The van der Waals surface area contributed by atoms with Crippen molar-refractivity contribution in [2.75, 3.05) is 6.61 Å². The molecule has 0 radical (unpaired) electrons. The molecule has 1 atom stereocenters. The molecule has 0 saturated heterocycles. The second-order valence-corrected chi connectivity index (χ2v) is 3.73. The number of aromatic nitrogens is 1. The van der Waals surface area contributed by atoms with Crippen molar-refractivity contribution in [3.63, 3.8) is 0 Å². The van der Waals surface area contributed by atoms with Crippen molar-refractivity contribution in [2.45, 2.75) is 5.92 Å². The van der Waals surface area contributed by atoms with E-state index in [9.17, 15) is 9.59 Å². The molecular weight excluding hydrogens is 226 g/mol. The summed E-state index contributed by atoms with van der Waals surface area (Å²) >= 11 is 0. The Hall–Kier alpha value is -2.08. The number of carboxylic acids is 1. The maximum absolute atomic E-state index is 11.3. The van der Waals surface area contributed by atoms with E-state index in [1.54, 1.807) is 19.2 Å². The molecule has 0 fully saturated rings. The first-order valence-corrected chi connectivity index (χ1v) is 4.97. The quantitative estimate of drug-likeness (QED) is 0.800. The van der Waals surface area contributed by atoms with E-state index in [1.165, 1.54) is 10.6 Å². The van der Waals surface area contributed by atoms with Gasteiger partial charge in [0.05, 0.1) is 12.1 Å². The van der Waals surface area contributed by atoms with Crippen LogP contribution in [-0.4, -0.2) is 27.4 Å². The molecule has 1 unspecified atom stereocenters. The van der Waals surface area contributed by atoms with Crippen molar-refractivity contribution in [2.24, 2.45) is 7.05 Å². The van der Waals surface area contributed by atoms with Crippen molar-refractivity contribution in [1.29, 1.82) is 0 Å². The predicted molar refractivity (Wildman–Crippen MR) is 58.9 cm³/mol. The molecule has 2 rings (SSSR count). The molecular formula is C11H11NO5. The van der Waals surface area contributed by atoms with Gasteiger partial charge in [0.2, 0.25) is 0 Å². The molecule has 0 aliphatic rings. The number of aryl methyl sites for hydroxylation is 1. The first kappa shape index (κ1) is 11.4. The number of hydrogen-bond acceptors (Lipinski definition) is 4. The van der Waals surface area contributed by atoms with E-state index < -0.39 is 24.3 Å². The van der Waals surface area contributed by atoms with E-state index >= 15 is 0 Å². The average Bonchev–Trinajstić information content (AvgIpc) is 2.55. The molecule has 2 aromatic rings. The Bertz CT molecular complexity index is 624. The number of rotatable bonds is 3. The zero-order valence-electron chi connectivity index (χ0n) is 9.08. The smallest absolute Gasteiger partial charge is 0.419 e. The van der Waals surface area contributed by atoms with E-state index in [0.29, 0.717) is 16.7 Å². The first-order chi connectivity index (χ1) is 8.04. The van der Waals surface area contributed by atoms with Crippen LogP contribution in [0.25, 0.3) is 11.1 Å². The highest BCUT2D eigenvalue weighted by Crippen LogP contribution is 2.21. The number of carboxylic acid groups (broad SMARTS) is 1. The Labute approximate surface area is 95.7 Å². The summed E-state index contributed by atoms with van der Waals surface area (Å²) < 4.78 is 6.27. The summed E-state index contributed by atoms with van der Waals surface area (Å²) in [4.78, 5) is 22.1. The second kappa shape index (κ2) is 4.06. The van der Waals surface area contributed by atoms with Gasteiger partial charge < -0.3 is 14.6 Å². The summed E-state index contributed by atoms with van der Waals surface area (Å²) in [7, 11) is 1.56. The van der Waals surface area contributed by atoms with Crippen molar-refractivity contribution >= 4 is 17.1 Å². The zero-order chi connectivity index (χ0) is 12.6. The van der Waals surface area contributed by atoms with Crippen molar-refractivity contribution < 1.29 is 19.4 Å². The van der Waals surface area contributed by atoms with Gasteiger partial charge in [-0.25, -0.2) is 4.79 Å². The molecule has 1 aromatic carbocycles. The van der Waals surface area contributed by atoms with Gasteiger partial charge >= 0.3 is 11.7 Å². The minimum atomic E-state index is -1.12. The average molecular weight is 237 g/mol. The summed E-state index contributed by atoms with van der Waals surface area (Å²) in [5, 5.41) is 17.9. The number of oxazole rings is 1. The molecule has 1 aromatic heterocycles. The van der Waals surface area contributed by atoms with Gasteiger partial charge in [-0.2, -0.15) is 0 Å². The maximum Gasteiger partial charge on any atom is 0.419 e. The Morgan fingerprint density at radius 3 is 2.82 bits per heavy atom. The fraction of sp³-hybridized carbons (Fsp3) is 0.273. The first-order valence-electron chi connectivity index (χ1n) is 4.97. The third-order valence-corrected chi connectivity index (χ3v) is 2.70. The van der Waals surface area contributed by atoms with Crippen LogP contribution in [0.4, 0.5) is 0 Å². The number of carbonyl (C=O) groups is 1. The lowest BCUT2D eigenvalue weighted by Gasteiger charge is -2.08. The lowest BCUT2D eigenvalue weighted by atomic mass is 10.00. The van der Waals surface area contributed by atoms with Crippen LogP contribution >= 0.6 is 0 Å². The van der Waals surface area contributed by atoms with Gasteiger partial charge in [-0.3, -0.25) is 9.36 Å². The Morgan fingerprint density at radius 1 is 1.53 bits per heavy atom. The highest BCUT2D eigenvalue weighted by molar-refractivity contribution is 5.80. The fourth-order valence-corrected chi connectivity index (χ4v) is 1.69. The SMILES string of the molecule is Cn1c(=O)oc2cc(C(CO)C(=O)O)ccc21. The zero-order valence-corrected chi connectivity index (χ0v) is 9.08. The summed E-state index contributed by atoms with van der Waals surface area (Å²) in [6.45, 7) is -0.502. The Kier molecular flexibility index (Phi) is 2.72. The number of hydrogen-bond donors (Lipinski definition) is 2. The molecule has 0 bridgehead atoms. The van der Waals surface area contributed by atoms with Gasteiger partial charge in [0.1, 0.15) is 5.92 Å². The predicted octanol–water partition coefficient (Wildman–Crippen LogP) is 0.292. The molecule has 17 heavy (non-hydrogen) atoms. The molecule has 2 N–H and O–H groups in total. The molecule has 1 heterocycles. The normalized spacial score (nSPS) is 12.8. The van der Waals surface area contributed by atoms with Crippen LogP contribution in [0.2, 0.25) is 0 Å². The van der Waals surface area contributed by atoms with Gasteiger partial charge in [0, 0.05) is 7.05 Å². The summed E-state index contributed by atoms with van der Waals surface area (Å²) in [6.07, 6.45) is 0. The number of fused-ring (bicyclic) bond motifs is 1. The van der Waals surface area contributed by atoms with Crippen LogP contribution in [-0.2, 0) is 11.8 Å². The third-order valence-electron chi connectivity index (χ3n) is 2.70. The molecule has 6 nitrogen and oxygen atoms in total. The lowest BCUT2D eigenvalue weighted by Crippen LogP contribution is -2.15. The Balaban J connectivity index is 2.58. The highest BCUT2D eigenvalue weighted by Gasteiger charge is 2.20. The van der Waals surface area contributed by atoms with Crippen LogP contribution in [0.1, 0.15) is 11.5 Å². The molecule has 0 aliphatic carbocycles. The van der Waals surface area contributed by atoms with Crippen molar-refractivity contribution in [1.82, 2.24) is 4.57 Å². The fourth-order valence-electron chi connectivity index (χ4n) is 1.69. The largest absolute Gasteiger partial charge is 0.481 e. The van der Waals surface area contributed by atoms with E-state index in [4.69, 9.17) is 14.6 Å². The van der Waals surface area contributed by atoms with Crippen LogP contribution in [0, 0.1) is 0 Å². The third kappa shape index (κ3) is 1.83. The van der Waals surface area contributed by atoms with Gasteiger partial charge in [-0.05, 0) is 17.7 Å². The molecule has 6 heteroatoms. The van der Waals surface area contributed by atoms with Gasteiger partial charge in [0.15, 0.2) is 5.58 Å². The van der Waals surface area contributed by atoms with E-state index in [1.807, 2.05) is 0 Å². The number of aliphatic hydroxyl groups excluding tert-OH is 1. The summed E-state index contributed by atoms with van der Waals surface area (Å²) in [5.41, 5.74) is 1.30. The summed E-state index contributed by atoms with van der Waals surface area (Å²) in [5.74, 6) is -2.64. The maximum atomic E-state index is 11.3. The van der Waals surface area contributed by atoms with E-state index in [2.05, 4.69) is 0 Å². The topological polar surface area (TPSA) is 92.7 Å². The van der Waals surface area contributed by atoms with Crippen LogP contribution in [0.5, 0.6) is 0 Å². The highest BCUT2D eigenvalue weighted by atomic mass is 16.4. The molecule has 0 aliphatic heterocycles. The molecule has 0 amide bonds. The molecule has 0 spiro atoms. The van der Waals surface area contributed by atoms with Gasteiger partial charge in [-0.1, -0.05) is 6.07 Å². The van der Waals surface area contributed by atoms with Crippen LogP contribution < -0.4 is 5.76 Å². The summed E-state index contributed by atoms with van der Waals surface area (Å²) in [6, 6.07) is 4.62. The lowest BCUT2D eigenvalue weighted by molar-refractivity contribution is -0.139. The number of benzene rings is 1. The molecule has 0 saturated carbocycles. The minimum absolute atomic E-state index is 0.315. The standard InChI is InChI=1S/C11H11NO5/c1-12-8-3-2-6(7(5-13)10(14)15)4-9(8)17-11(12)16/h2-4,7,13H,5H2,1H3,(H,14,15). The monoisotopic (exact) mass is 237 g/mol. The minimum Gasteiger partial charge on any atom is -0.481 e. The van der Waals surface area contributed by atoms with Crippen LogP contribution in [0.15, 0.2) is 27.4 Å². The number of nitrogens with zero attached hydrogens (tertiary/aromatic N) is 1. The van der Waals surface area contributed by atoms with Crippen molar-refractivity contribution in [3.05, 3.63) is 34.3 Å².